The highest BCUT2D eigenvalue weighted by Crippen LogP contribution is 2.55. The highest BCUT2D eigenvalue weighted by Gasteiger charge is 2.51. The van der Waals surface area contributed by atoms with E-state index in [1.54, 1.807) is 7.11 Å². The van der Waals surface area contributed by atoms with Gasteiger partial charge in [0.2, 0.25) is 0 Å². The van der Waals surface area contributed by atoms with Gasteiger partial charge < -0.3 is 10.1 Å². The molecule has 17 heavy (non-hydrogen) atoms. The van der Waals surface area contributed by atoms with Gasteiger partial charge in [0.1, 0.15) is 5.75 Å². The predicted octanol–water partition coefficient (Wildman–Crippen LogP) is 2.58. The third kappa shape index (κ3) is 1.50. The lowest BCUT2D eigenvalue weighted by Crippen LogP contribution is -2.54. The van der Waals surface area contributed by atoms with Crippen LogP contribution in [-0.2, 0) is 6.42 Å². The Labute approximate surface area is 103 Å². The van der Waals surface area contributed by atoms with Gasteiger partial charge in [-0.25, -0.2) is 0 Å². The summed E-state index contributed by atoms with van der Waals surface area (Å²) in [5.74, 6) is 3.33. The lowest BCUT2D eigenvalue weighted by Gasteiger charge is -2.48. The first-order valence-electron chi connectivity index (χ1n) is 6.66. The molecule has 1 aromatic rings. The molecule has 2 aliphatic rings. The Morgan fingerprint density at radius 3 is 2.94 bits per heavy atom. The molecule has 1 aromatic carbocycles. The van der Waals surface area contributed by atoms with Gasteiger partial charge in [0, 0.05) is 6.04 Å². The Morgan fingerprint density at radius 1 is 1.41 bits per heavy atom. The fourth-order valence-corrected chi connectivity index (χ4v) is 3.87. The number of fused-ring (bicyclic) bond motifs is 3. The second-order valence-corrected chi connectivity index (χ2v) is 5.40. The Hall–Kier alpha value is -1.02. The molecule has 1 N–H and O–H groups in total. The van der Waals surface area contributed by atoms with E-state index < -0.39 is 0 Å². The molecule has 0 spiro atoms. The third-order valence-electron chi connectivity index (χ3n) is 4.66. The van der Waals surface area contributed by atoms with Crippen molar-refractivity contribution in [3.8, 4) is 5.75 Å². The SMILES string of the molecule is CCNC1C(C)C2c3cc(OC)ccc3CC12. The third-order valence-corrected chi connectivity index (χ3v) is 4.66. The van der Waals surface area contributed by atoms with Crippen molar-refractivity contribution in [3.63, 3.8) is 0 Å². The Kier molecular flexibility index (Phi) is 2.62. The zero-order valence-corrected chi connectivity index (χ0v) is 10.9. The number of hydrogen-bond donors (Lipinski definition) is 1. The molecule has 4 atom stereocenters. The molecule has 0 bridgehead atoms. The fourth-order valence-electron chi connectivity index (χ4n) is 3.87. The zero-order valence-electron chi connectivity index (χ0n) is 10.9. The quantitative estimate of drug-likeness (QED) is 0.863. The van der Waals surface area contributed by atoms with E-state index in [2.05, 4.69) is 37.4 Å². The van der Waals surface area contributed by atoms with Gasteiger partial charge in [0.15, 0.2) is 0 Å². The van der Waals surface area contributed by atoms with Crippen LogP contribution in [0.3, 0.4) is 0 Å². The molecule has 0 radical (unpaired) electrons. The number of rotatable bonds is 3. The summed E-state index contributed by atoms with van der Waals surface area (Å²) in [6.45, 7) is 5.66. The maximum Gasteiger partial charge on any atom is 0.119 e. The Balaban J connectivity index is 1.88. The average molecular weight is 231 g/mol. The van der Waals surface area contributed by atoms with Crippen LogP contribution in [0, 0.1) is 11.8 Å². The average Bonchev–Trinajstić information content (AvgIpc) is 2.69. The largest absolute Gasteiger partial charge is 0.497 e. The molecular weight excluding hydrogens is 210 g/mol. The first-order chi connectivity index (χ1) is 8.26. The summed E-state index contributed by atoms with van der Waals surface area (Å²) < 4.78 is 5.34. The van der Waals surface area contributed by atoms with Crippen molar-refractivity contribution in [1.29, 1.82) is 0 Å². The van der Waals surface area contributed by atoms with Crippen molar-refractivity contribution in [2.45, 2.75) is 32.2 Å². The van der Waals surface area contributed by atoms with E-state index in [1.165, 1.54) is 17.5 Å². The second kappa shape index (κ2) is 4.02. The van der Waals surface area contributed by atoms with E-state index in [1.807, 2.05) is 0 Å². The minimum Gasteiger partial charge on any atom is -0.497 e. The monoisotopic (exact) mass is 231 g/mol. The van der Waals surface area contributed by atoms with Crippen molar-refractivity contribution in [2.24, 2.45) is 11.8 Å². The van der Waals surface area contributed by atoms with Crippen molar-refractivity contribution >= 4 is 0 Å². The van der Waals surface area contributed by atoms with E-state index in [-0.39, 0.29) is 0 Å². The van der Waals surface area contributed by atoms with Gasteiger partial charge in [0.05, 0.1) is 7.11 Å². The number of methoxy groups -OCH3 is 1. The molecular formula is C15H21NO. The number of nitrogens with one attached hydrogen (secondary N) is 1. The minimum atomic E-state index is 0.711. The van der Waals surface area contributed by atoms with Crippen LogP contribution in [0.15, 0.2) is 18.2 Å². The zero-order chi connectivity index (χ0) is 12.0. The van der Waals surface area contributed by atoms with Crippen LogP contribution in [0.4, 0.5) is 0 Å². The summed E-state index contributed by atoms with van der Waals surface area (Å²) in [4.78, 5) is 0. The molecule has 0 aliphatic heterocycles. The molecule has 1 fully saturated rings. The van der Waals surface area contributed by atoms with Crippen molar-refractivity contribution in [2.75, 3.05) is 13.7 Å². The van der Waals surface area contributed by atoms with Crippen LogP contribution in [0.1, 0.15) is 30.9 Å². The highest BCUT2D eigenvalue weighted by atomic mass is 16.5. The van der Waals surface area contributed by atoms with Crippen molar-refractivity contribution in [3.05, 3.63) is 29.3 Å². The van der Waals surface area contributed by atoms with E-state index >= 15 is 0 Å². The standard InChI is InChI=1S/C15H21NO/c1-4-16-15-9(2)14-12-8-11(17-3)6-5-10(12)7-13(14)15/h5-6,8-9,13-16H,4,7H2,1-3H3. The van der Waals surface area contributed by atoms with Gasteiger partial charge in [-0.2, -0.15) is 0 Å². The van der Waals surface area contributed by atoms with E-state index in [4.69, 9.17) is 4.74 Å². The molecule has 92 valence electrons. The van der Waals surface area contributed by atoms with Crippen LogP contribution in [-0.4, -0.2) is 19.7 Å². The molecule has 2 nitrogen and oxygen atoms in total. The molecule has 0 aromatic heterocycles. The Bertz CT molecular complexity index is 429. The maximum absolute atomic E-state index is 5.34. The number of ether oxygens (including phenoxy) is 1. The lowest BCUT2D eigenvalue weighted by molar-refractivity contribution is 0.0990. The number of benzene rings is 1. The van der Waals surface area contributed by atoms with Crippen LogP contribution in [0.2, 0.25) is 0 Å². The first kappa shape index (κ1) is 11.1. The summed E-state index contributed by atoms with van der Waals surface area (Å²) in [6, 6.07) is 7.31. The highest BCUT2D eigenvalue weighted by molar-refractivity contribution is 5.45. The van der Waals surface area contributed by atoms with E-state index in [0.29, 0.717) is 6.04 Å². The van der Waals surface area contributed by atoms with Gasteiger partial charge in [0.25, 0.3) is 0 Å². The first-order valence-corrected chi connectivity index (χ1v) is 6.66. The smallest absolute Gasteiger partial charge is 0.119 e. The van der Waals surface area contributed by atoms with E-state index in [9.17, 15) is 0 Å². The van der Waals surface area contributed by atoms with Crippen LogP contribution < -0.4 is 10.1 Å². The van der Waals surface area contributed by atoms with Crippen molar-refractivity contribution in [1.82, 2.24) is 5.32 Å². The normalized spacial score (nSPS) is 33.8. The molecule has 0 amide bonds. The van der Waals surface area contributed by atoms with Gasteiger partial charge in [-0.05, 0) is 54.0 Å². The summed E-state index contributed by atoms with van der Waals surface area (Å²) in [7, 11) is 1.75. The lowest BCUT2D eigenvalue weighted by atomic mass is 9.62. The minimum absolute atomic E-state index is 0.711. The van der Waals surface area contributed by atoms with Crippen LogP contribution >= 0.6 is 0 Å². The van der Waals surface area contributed by atoms with Crippen LogP contribution in [0.25, 0.3) is 0 Å². The molecule has 3 rings (SSSR count). The van der Waals surface area contributed by atoms with Gasteiger partial charge >= 0.3 is 0 Å². The van der Waals surface area contributed by atoms with Gasteiger partial charge in [-0.3, -0.25) is 0 Å². The van der Waals surface area contributed by atoms with Crippen LogP contribution in [0.5, 0.6) is 5.75 Å². The topological polar surface area (TPSA) is 21.3 Å². The molecule has 0 saturated heterocycles. The molecule has 1 saturated carbocycles. The summed E-state index contributed by atoms with van der Waals surface area (Å²) in [6.07, 6.45) is 1.24. The molecule has 0 heterocycles. The van der Waals surface area contributed by atoms with Gasteiger partial charge in [-0.1, -0.05) is 19.9 Å². The second-order valence-electron chi connectivity index (χ2n) is 5.40. The maximum atomic E-state index is 5.34. The Morgan fingerprint density at radius 2 is 2.24 bits per heavy atom. The van der Waals surface area contributed by atoms with Crippen molar-refractivity contribution < 1.29 is 4.74 Å². The summed E-state index contributed by atoms with van der Waals surface area (Å²) in [5, 5.41) is 3.64. The number of hydrogen-bond acceptors (Lipinski definition) is 2. The fraction of sp³-hybridized carbons (Fsp3) is 0.600. The summed E-state index contributed by atoms with van der Waals surface area (Å²) >= 11 is 0. The van der Waals surface area contributed by atoms with E-state index in [0.717, 1.165) is 30.0 Å². The molecule has 4 unspecified atom stereocenters. The van der Waals surface area contributed by atoms with Gasteiger partial charge in [-0.15, -0.1) is 0 Å². The molecule has 2 heteroatoms. The predicted molar refractivity (Wildman–Crippen MR) is 69.6 cm³/mol. The molecule has 2 aliphatic carbocycles. The summed E-state index contributed by atoms with van der Waals surface area (Å²) in [5.41, 5.74) is 3.07.